The van der Waals surface area contributed by atoms with Crippen LogP contribution in [0.5, 0.6) is 11.6 Å². The zero-order chi connectivity index (χ0) is 27.2. The number of fused-ring (bicyclic) bond motifs is 1. The monoisotopic (exact) mass is 517 g/mol. The van der Waals surface area contributed by atoms with E-state index in [4.69, 9.17) is 14.6 Å². The number of pyridine rings is 1. The summed E-state index contributed by atoms with van der Waals surface area (Å²) in [5.41, 5.74) is 1.30. The van der Waals surface area contributed by atoms with Crippen LogP contribution in [-0.4, -0.2) is 28.9 Å². The first kappa shape index (κ1) is 26.8. The molecular weight excluding hydrogens is 494 g/mol. The van der Waals surface area contributed by atoms with Gasteiger partial charge < -0.3 is 9.84 Å². The summed E-state index contributed by atoms with van der Waals surface area (Å²) in [4.78, 5) is 26.1. The van der Waals surface area contributed by atoms with Crippen molar-refractivity contribution in [3.8, 4) is 17.7 Å². The Morgan fingerprint density at radius 2 is 1.68 bits per heavy atom. The van der Waals surface area contributed by atoms with Gasteiger partial charge in [0.05, 0.1) is 4.90 Å². The van der Waals surface area contributed by atoms with E-state index >= 15 is 0 Å². The second-order valence-electron chi connectivity index (χ2n) is 7.89. The summed E-state index contributed by atoms with van der Waals surface area (Å²) in [7, 11) is -4.17. The van der Waals surface area contributed by atoms with E-state index in [1.165, 1.54) is 22.7 Å². The van der Waals surface area contributed by atoms with E-state index in [0.717, 1.165) is 24.1 Å². The average molecular weight is 518 g/mol. The standard InChI is InChI=1S/C25H19N3O4S.C2H4O2/c1-17-10-12-19(13-11-17)33(30,31)20(16-26)15-21-24(32-22-8-4-3-7-18(22)2)27-23-9-5-6-14-28(23)25(21)29;1-2(3)4/h3-15H,1-2H3;1H3,(H,3,4)/b20-15-;. The number of sulfone groups is 1. The molecule has 4 aromatic rings. The molecule has 0 amide bonds. The minimum Gasteiger partial charge on any atom is -0.481 e. The van der Waals surface area contributed by atoms with Crippen molar-refractivity contribution in [3.05, 3.63) is 105 Å². The van der Waals surface area contributed by atoms with Crippen LogP contribution in [0.1, 0.15) is 23.6 Å². The van der Waals surface area contributed by atoms with Crippen molar-refractivity contribution < 1.29 is 23.1 Å². The maximum absolute atomic E-state index is 13.3. The summed E-state index contributed by atoms with van der Waals surface area (Å²) in [5, 5.41) is 17.1. The molecule has 0 unspecified atom stereocenters. The summed E-state index contributed by atoms with van der Waals surface area (Å²) in [6.07, 6.45) is 2.54. The van der Waals surface area contributed by atoms with Gasteiger partial charge in [-0.25, -0.2) is 8.42 Å². The third-order valence-electron chi connectivity index (χ3n) is 5.04. The highest BCUT2D eigenvalue weighted by Crippen LogP contribution is 2.28. The lowest BCUT2D eigenvalue weighted by Crippen LogP contribution is -2.19. The molecule has 37 heavy (non-hydrogen) atoms. The van der Waals surface area contributed by atoms with Crippen molar-refractivity contribution in [1.82, 2.24) is 9.38 Å². The normalized spacial score (nSPS) is 11.2. The molecule has 0 saturated heterocycles. The summed E-state index contributed by atoms with van der Waals surface area (Å²) >= 11 is 0. The lowest BCUT2D eigenvalue weighted by molar-refractivity contribution is -0.134. The van der Waals surface area contributed by atoms with Crippen molar-refractivity contribution >= 4 is 27.5 Å². The molecule has 0 atom stereocenters. The number of aromatic nitrogens is 2. The number of para-hydroxylation sites is 1. The van der Waals surface area contributed by atoms with Crippen LogP contribution in [0.4, 0.5) is 0 Å². The van der Waals surface area contributed by atoms with Gasteiger partial charge >= 0.3 is 0 Å². The van der Waals surface area contributed by atoms with Gasteiger partial charge in [-0.15, -0.1) is 0 Å². The van der Waals surface area contributed by atoms with Crippen LogP contribution in [0.15, 0.2) is 87.5 Å². The molecule has 0 fully saturated rings. The van der Waals surface area contributed by atoms with Crippen LogP contribution >= 0.6 is 0 Å². The number of carboxylic acids is 1. The van der Waals surface area contributed by atoms with E-state index in [-0.39, 0.29) is 16.3 Å². The molecule has 188 valence electrons. The molecule has 2 aromatic carbocycles. The van der Waals surface area contributed by atoms with Gasteiger partial charge in [0.15, 0.2) is 0 Å². The first-order valence-electron chi connectivity index (χ1n) is 10.9. The molecule has 1 N–H and O–H groups in total. The maximum atomic E-state index is 13.3. The third-order valence-corrected chi connectivity index (χ3v) is 6.72. The first-order chi connectivity index (χ1) is 17.5. The number of benzene rings is 2. The average Bonchev–Trinajstić information content (AvgIpc) is 2.85. The van der Waals surface area contributed by atoms with Crippen LogP contribution in [0, 0.1) is 25.2 Å². The number of aryl methyl sites for hydroxylation is 2. The predicted octanol–water partition coefficient (Wildman–Crippen LogP) is 4.53. The zero-order valence-electron chi connectivity index (χ0n) is 20.2. The fraction of sp³-hybridized carbons (Fsp3) is 0.111. The molecule has 2 heterocycles. The van der Waals surface area contributed by atoms with E-state index in [2.05, 4.69) is 4.98 Å². The minimum atomic E-state index is -4.17. The highest BCUT2D eigenvalue weighted by Gasteiger charge is 2.23. The molecule has 0 aliphatic heterocycles. The van der Waals surface area contributed by atoms with E-state index in [1.807, 2.05) is 26.0 Å². The van der Waals surface area contributed by atoms with Crippen molar-refractivity contribution in [2.45, 2.75) is 25.7 Å². The molecule has 4 rings (SSSR count). The predicted molar refractivity (Wildman–Crippen MR) is 138 cm³/mol. The molecular formula is C27H23N3O6S. The number of hydrogen-bond acceptors (Lipinski definition) is 7. The summed E-state index contributed by atoms with van der Waals surface area (Å²) in [5.74, 6) is -0.466. The molecule has 0 radical (unpaired) electrons. The Balaban J connectivity index is 0.000000886. The van der Waals surface area contributed by atoms with E-state index < -0.39 is 26.3 Å². The zero-order valence-corrected chi connectivity index (χ0v) is 21.1. The van der Waals surface area contributed by atoms with Crippen LogP contribution in [0.2, 0.25) is 0 Å². The van der Waals surface area contributed by atoms with Gasteiger partial charge in [-0.2, -0.15) is 10.2 Å². The van der Waals surface area contributed by atoms with Gasteiger partial charge in [0, 0.05) is 13.1 Å². The first-order valence-corrected chi connectivity index (χ1v) is 12.4. The Morgan fingerprint density at radius 3 is 2.30 bits per heavy atom. The lowest BCUT2D eigenvalue weighted by atomic mass is 10.2. The van der Waals surface area contributed by atoms with Crippen LogP contribution in [-0.2, 0) is 14.6 Å². The molecule has 2 aromatic heterocycles. The second-order valence-corrected chi connectivity index (χ2v) is 9.81. The molecule has 0 spiro atoms. The Hall–Kier alpha value is -4.75. The topological polar surface area (TPSA) is 139 Å². The Morgan fingerprint density at radius 1 is 1.05 bits per heavy atom. The second kappa shape index (κ2) is 11.3. The van der Waals surface area contributed by atoms with Crippen LogP contribution < -0.4 is 10.3 Å². The van der Waals surface area contributed by atoms with Gasteiger partial charge in [-0.1, -0.05) is 42.0 Å². The molecule has 9 nitrogen and oxygen atoms in total. The largest absolute Gasteiger partial charge is 0.481 e. The van der Waals surface area contributed by atoms with Crippen molar-refractivity contribution in [2.75, 3.05) is 0 Å². The number of allylic oxidation sites excluding steroid dienone is 1. The number of carboxylic acid groups (broad SMARTS) is 1. The molecule has 0 saturated carbocycles. The lowest BCUT2D eigenvalue weighted by Gasteiger charge is -2.12. The molecule has 0 aliphatic rings. The minimum absolute atomic E-state index is 0.0453. The Kier molecular flexibility index (Phi) is 8.22. The van der Waals surface area contributed by atoms with Gasteiger partial charge in [0.25, 0.3) is 11.5 Å². The Bertz CT molecular complexity index is 1700. The third kappa shape index (κ3) is 6.28. The van der Waals surface area contributed by atoms with Crippen molar-refractivity contribution in [1.29, 1.82) is 5.26 Å². The highest BCUT2D eigenvalue weighted by atomic mass is 32.2. The van der Waals surface area contributed by atoms with Gasteiger partial charge in [-0.05, 0) is 55.8 Å². The Labute approximate surface area is 213 Å². The maximum Gasteiger partial charge on any atom is 0.300 e. The van der Waals surface area contributed by atoms with Crippen LogP contribution in [0.25, 0.3) is 11.7 Å². The number of aliphatic carboxylic acids is 1. The summed E-state index contributed by atoms with van der Waals surface area (Å²) < 4.78 is 33.4. The van der Waals surface area contributed by atoms with Gasteiger partial charge in [0.2, 0.25) is 15.7 Å². The number of hydrogen-bond donors (Lipinski definition) is 1. The number of rotatable bonds is 5. The molecule has 0 bridgehead atoms. The number of nitrogens with zero attached hydrogens (tertiary/aromatic N) is 3. The van der Waals surface area contributed by atoms with Gasteiger partial charge in [0.1, 0.15) is 27.9 Å². The van der Waals surface area contributed by atoms with Gasteiger partial charge in [-0.3, -0.25) is 14.0 Å². The van der Waals surface area contributed by atoms with E-state index in [9.17, 15) is 18.5 Å². The molecule has 0 aliphatic carbocycles. The number of nitriles is 1. The van der Waals surface area contributed by atoms with Crippen LogP contribution in [0.3, 0.4) is 0 Å². The number of carbonyl (C=O) groups is 1. The quantitative estimate of drug-likeness (QED) is 0.381. The SMILES string of the molecule is CC(=O)O.Cc1ccc(S(=O)(=O)/C(C#N)=C\c2c(Oc3ccccc3C)nc3ccccn3c2=O)cc1. The fourth-order valence-electron chi connectivity index (χ4n) is 3.20. The fourth-order valence-corrected chi connectivity index (χ4v) is 4.35. The van der Waals surface area contributed by atoms with Crippen molar-refractivity contribution in [2.24, 2.45) is 0 Å². The highest BCUT2D eigenvalue weighted by molar-refractivity contribution is 7.95. The smallest absolute Gasteiger partial charge is 0.300 e. The van der Waals surface area contributed by atoms with Crippen molar-refractivity contribution in [3.63, 3.8) is 0 Å². The summed E-state index contributed by atoms with van der Waals surface area (Å²) in [6, 6.07) is 20.0. The van der Waals surface area contributed by atoms with E-state index in [1.54, 1.807) is 48.5 Å². The van der Waals surface area contributed by atoms with E-state index in [0.29, 0.717) is 11.4 Å². The summed E-state index contributed by atoms with van der Waals surface area (Å²) in [6.45, 7) is 4.75. The molecule has 10 heteroatoms. The number of ether oxygens (including phenoxy) is 1.